The van der Waals surface area contributed by atoms with Crippen LogP contribution in [-0.4, -0.2) is 0 Å². The number of benzene rings is 9. The molecule has 0 fully saturated rings. The van der Waals surface area contributed by atoms with E-state index in [9.17, 15) is 0 Å². The molecule has 9 aromatic carbocycles. The molecule has 222 valence electrons. The van der Waals surface area contributed by atoms with E-state index in [-0.39, 0.29) is 0 Å². The minimum atomic E-state index is 0.912. The third-order valence-electron chi connectivity index (χ3n) is 10.2. The molecule has 0 radical (unpaired) electrons. The third-order valence-corrected chi connectivity index (χ3v) is 10.2. The summed E-state index contributed by atoms with van der Waals surface area (Å²) >= 11 is 0. The number of furan rings is 2. The van der Waals surface area contributed by atoms with Crippen LogP contribution in [0.15, 0.2) is 167 Å². The quantitative estimate of drug-likeness (QED) is 0.147. The fourth-order valence-electron chi connectivity index (χ4n) is 8.15. The lowest BCUT2D eigenvalue weighted by Crippen LogP contribution is -1.91. The first-order chi connectivity index (χ1) is 23.8. The first kappa shape index (κ1) is 25.8. The van der Waals surface area contributed by atoms with Crippen LogP contribution in [0.1, 0.15) is 0 Å². The lowest BCUT2D eigenvalue weighted by Gasteiger charge is -2.18. The zero-order valence-corrected chi connectivity index (χ0v) is 25.8. The lowest BCUT2D eigenvalue weighted by molar-refractivity contribution is 0.668. The fourth-order valence-corrected chi connectivity index (χ4v) is 8.15. The second kappa shape index (κ2) is 9.57. The van der Waals surface area contributed by atoms with Gasteiger partial charge in [-0.15, -0.1) is 0 Å². The van der Waals surface area contributed by atoms with Gasteiger partial charge >= 0.3 is 0 Å². The van der Waals surface area contributed by atoms with E-state index in [4.69, 9.17) is 8.83 Å². The Kier molecular flexibility index (Phi) is 5.14. The smallest absolute Gasteiger partial charge is 0.136 e. The van der Waals surface area contributed by atoms with Crippen LogP contribution in [0.25, 0.3) is 110 Å². The summed E-state index contributed by atoms with van der Waals surface area (Å²) in [6.45, 7) is 0. The van der Waals surface area contributed by atoms with Crippen molar-refractivity contribution in [3.05, 3.63) is 158 Å². The van der Waals surface area contributed by atoms with E-state index in [0.29, 0.717) is 0 Å². The van der Waals surface area contributed by atoms with Crippen molar-refractivity contribution in [2.75, 3.05) is 0 Å². The van der Waals surface area contributed by atoms with Crippen molar-refractivity contribution in [3.63, 3.8) is 0 Å². The predicted molar refractivity (Wildman–Crippen MR) is 201 cm³/mol. The highest BCUT2D eigenvalue weighted by molar-refractivity contribution is 6.25. The molecule has 0 aliphatic carbocycles. The first-order valence-corrected chi connectivity index (χ1v) is 16.4. The number of hydrogen-bond donors (Lipinski definition) is 0. The molecule has 11 aromatic rings. The van der Waals surface area contributed by atoms with E-state index in [1.54, 1.807) is 0 Å². The van der Waals surface area contributed by atoms with E-state index >= 15 is 0 Å². The van der Waals surface area contributed by atoms with Gasteiger partial charge in [-0.3, -0.25) is 0 Å². The number of hydrogen-bond acceptors (Lipinski definition) is 2. The third kappa shape index (κ3) is 3.52. The second-order valence-corrected chi connectivity index (χ2v) is 12.8. The topological polar surface area (TPSA) is 26.3 Å². The summed E-state index contributed by atoms with van der Waals surface area (Å²) in [6, 6.07) is 56.8. The van der Waals surface area contributed by atoms with Crippen molar-refractivity contribution < 1.29 is 8.83 Å². The summed E-state index contributed by atoms with van der Waals surface area (Å²) in [5.74, 6) is 0. The van der Waals surface area contributed by atoms with Gasteiger partial charge in [0, 0.05) is 21.5 Å². The van der Waals surface area contributed by atoms with Crippen LogP contribution < -0.4 is 0 Å². The van der Waals surface area contributed by atoms with E-state index < -0.39 is 0 Å². The van der Waals surface area contributed by atoms with Gasteiger partial charge in [-0.25, -0.2) is 0 Å². The van der Waals surface area contributed by atoms with Crippen molar-refractivity contribution in [2.45, 2.75) is 0 Å². The molecule has 2 aromatic heterocycles. The Morgan fingerprint density at radius 3 is 1.58 bits per heavy atom. The molecule has 11 rings (SSSR count). The molecule has 0 N–H and O–H groups in total. The first-order valence-electron chi connectivity index (χ1n) is 16.4. The van der Waals surface area contributed by atoms with Gasteiger partial charge in [0.2, 0.25) is 0 Å². The summed E-state index contributed by atoms with van der Waals surface area (Å²) in [6.07, 6.45) is 0. The van der Waals surface area contributed by atoms with Crippen molar-refractivity contribution in [2.24, 2.45) is 0 Å². The van der Waals surface area contributed by atoms with Crippen molar-refractivity contribution in [1.82, 2.24) is 0 Å². The lowest BCUT2D eigenvalue weighted by atomic mass is 9.85. The summed E-state index contributed by atoms with van der Waals surface area (Å²) in [5.41, 5.74) is 11.0. The van der Waals surface area contributed by atoms with Crippen LogP contribution in [0.2, 0.25) is 0 Å². The maximum atomic E-state index is 6.24. The molecule has 0 atom stereocenters. The van der Waals surface area contributed by atoms with E-state index in [1.165, 1.54) is 76.5 Å². The maximum absolute atomic E-state index is 6.24. The molecule has 2 heterocycles. The largest absolute Gasteiger partial charge is 0.456 e. The summed E-state index contributed by atoms with van der Waals surface area (Å²) in [5, 5.41) is 12.1. The zero-order valence-electron chi connectivity index (χ0n) is 25.8. The maximum Gasteiger partial charge on any atom is 0.136 e. The molecule has 48 heavy (non-hydrogen) atoms. The Hall–Kier alpha value is -6.38. The highest BCUT2D eigenvalue weighted by atomic mass is 16.3. The molecule has 2 nitrogen and oxygen atoms in total. The summed E-state index contributed by atoms with van der Waals surface area (Å²) < 4.78 is 12.4. The second-order valence-electron chi connectivity index (χ2n) is 12.8. The van der Waals surface area contributed by atoms with Gasteiger partial charge in [-0.05, 0) is 96.0 Å². The molecule has 2 heteroatoms. The summed E-state index contributed by atoms with van der Waals surface area (Å²) in [4.78, 5) is 0. The van der Waals surface area contributed by atoms with E-state index in [2.05, 4.69) is 146 Å². The van der Waals surface area contributed by atoms with Gasteiger partial charge in [0.1, 0.15) is 22.3 Å². The molecular formula is C46H26O2. The Balaban J connectivity index is 1.11. The molecule has 0 aliphatic heterocycles. The Labute approximate surface area is 275 Å². The highest BCUT2D eigenvalue weighted by Gasteiger charge is 2.19. The summed E-state index contributed by atoms with van der Waals surface area (Å²) in [7, 11) is 0. The van der Waals surface area contributed by atoms with Gasteiger partial charge in [-0.1, -0.05) is 127 Å². The van der Waals surface area contributed by atoms with Crippen LogP contribution in [0.3, 0.4) is 0 Å². The minimum Gasteiger partial charge on any atom is -0.456 e. The molecule has 0 unspecified atom stereocenters. The average Bonchev–Trinajstić information content (AvgIpc) is 3.72. The van der Waals surface area contributed by atoms with Gasteiger partial charge in [0.05, 0.1) is 0 Å². The predicted octanol–water partition coefficient (Wildman–Crippen LogP) is 13.4. The Bertz CT molecular complexity index is 2990. The number of rotatable bonds is 3. The minimum absolute atomic E-state index is 0.912. The molecule has 0 amide bonds. The highest BCUT2D eigenvalue weighted by Crippen LogP contribution is 2.46. The Morgan fingerprint density at radius 1 is 0.292 bits per heavy atom. The van der Waals surface area contributed by atoms with Crippen LogP contribution in [-0.2, 0) is 0 Å². The van der Waals surface area contributed by atoms with Crippen LogP contribution in [0.5, 0.6) is 0 Å². The normalized spacial score (nSPS) is 12.2. The number of para-hydroxylation sites is 1. The van der Waals surface area contributed by atoms with Gasteiger partial charge in [0.25, 0.3) is 0 Å². The standard InChI is InChI=1S/C46H26O2/c1-3-12-35-33(10-1)43(34-11-2-4-13-36(34)44(35)30-21-24-40-38(26-30)32-9-5-6-14-39(32)47-40)29-18-16-27(17-19-29)31-23-25-42-46-37(31)22-20-28-8-7-15-41(48-42)45(28)46/h1-26H. The van der Waals surface area contributed by atoms with Crippen molar-refractivity contribution in [1.29, 1.82) is 0 Å². The molecule has 0 spiro atoms. The van der Waals surface area contributed by atoms with Gasteiger partial charge in [-0.2, -0.15) is 0 Å². The molecule has 0 bridgehead atoms. The van der Waals surface area contributed by atoms with Crippen LogP contribution in [0, 0.1) is 0 Å². The average molecular weight is 611 g/mol. The molecule has 0 saturated heterocycles. The number of fused-ring (bicyclic) bond motifs is 5. The van der Waals surface area contributed by atoms with Crippen molar-refractivity contribution in [3.8, 4) is 33.4 Å². The monoisotopic (exact) mass is 610 g/mol. The molecular weight excluding hydrogens is 585 g/mol. The van der Waals surface area contributed by atoms with Gasteiger partial charge < -0.3 is 8.83 Å². The van der Waals surface area contributed by atoms with Crippen LogP contribution >= 0.6 is 0 Å². The molecule has 0 aliphatic rings. The Morgan fingerprint density at radius 2 is 0.833 bits per heavy atom. The fraction of sp³-hybridized carbons (Fsp3) is 0. The van der Waals surface area contributed by atoms with Crippen LogP contribution in [0.4, 0.5) is 0 Å². The van der Waals surface area contributed by atoms with Crippen molar-refractivity contribution >= 4 is 76.2 Å². The van der Waals surface area contributed by atoms with E-state index in [0.717, 1.165) is 33.1 Å². The zero-order chi connectivity index (χ0) is 31.3. The molecule has 0 saturated carbocycles. The van der Waals surface area contributed by atoms with Gasteiger partial charge in [0.15, 0.2) is 0 Å². The van der Waals surface area contributed by atoms with E-state index in [1.807, 2.05) is 12.1 Å². The SMILES string of the molecule is c1ccc2c(c1)oc1ccc(-c3c4ccccc4c(-c4ccc(-c5ccc6oc7cccc8ccc5c6c87)cc4)c4ccccc34)cc12.